The summed E-state index contributed by atoms with van der Waals surface area (Å²) < 4.78 is 1.71. The monoisotopic (exact) mass is 285 g/mol. The lowest BCUT2D eigenvalue weighted by molar-refractivity contribution is -0.120. The summed E-state index contributed by atoms with van der Waals surface area (Å²) in [6, 6.07) is -0.0213. The molecule has 19 heavy (non-hydrogen) atoms. The molecule has 2 rings (SSSR count). The molecule has 0 radical (unpaired) electrons. The predicted octanol–water partition coefficient (Wildman–Crippen LogP) is -0.148. The van der Waals surface area contributed by atoms with Gasteiger partial charge in [-0.1, -0.05) is 18.7 Å². The van der Waals surface area contributed by atoms with Crippen LogP contribution in [-0.2, 0) is 4.79 Å². The molecule has 0 bridgehead atoms. The van der Waals surface area contributed by atoms with Gasteiger partial charge in [-0.2, -0.15) is 0 Å². The molecule has 1 aromatic heterocycles. The topological polar surface area (TPSA) is 106 Å². The lowest BCUT2D eigenvalue weighted by Crippen LogP contribution is -2.41. The first kappa shape index (κ1) is 14.1. The molecule has 1 saturated carbocycles. The third-order valence-corrected chi connectivity index (χ3v) is 4.00. The average Bonchev–Trinajstić information content (AvgIpc) is 3.13. The first-order valence-corrected chi connectivity index (χ1v) is 7.44. The van der Waals surface area contributed by atoms with Gasteiger partial charge in [-0.05, 0) is 25.8 Å². The fourth-order valence-corrected chi connectivity index (χ4v) is 2.92. The van der Waals surface area contributed by atoms with Crippen LogP contribution in [0.4, 0.5) is 0 Å². The number of aromatic nitrogens is 3. The van der Waals surface area contributed by atoms with E-state index in [-0.39, 0.29) is 17.6 Å². The maximum atomic E-state index is 11.6. The summed E-state index contributed by atoms with van der Waals surface area (Å²) in [5, 5.41) is 10.2. The summed E-state index contributed by atoms with van der Waals surface area (Å²) in [5.74, 6) is 0.349. The summed E-state index contributed by atoms with van der Waals surface area (Å²) in [7, 11) is 0. The molecule has 0 aromatic carbocycles. The zero-order chi connectivity index (χ0) is 13.8. The minimum absolute atomic E-state index is 0.150. The van der Waals surface area contributed by atoms with Crippen molar-refractivity contribution >= 4 is 17.7 Å². The lowest BCUT2D eigenvalue weighted by Gasteiger charge is -2.13. The Balaban J connectivity index is 1.88. The Kier molecular flexibility index (Phi) is 4.65. The van der Waals surface area contributed by atoms with Crippen LogP contribution in [0.25, 0.3) is 0 Å². The highest BCUT2D eigenvalue weighted by atomic mass is 32.2. The van der Waals surface area contributed by atoms with Crippen molar-refractivity contribution in [1.82, 2.24) is 20.1 Å². The van der Waals surface area contributed by atoms with E-state index >= 15 is 0 Å². The quantitative estimate of drug-likeness (QED) is 0.576. The highest BCUT2D eigenvalue weighted by Crippen LogP contribution is 2.36. The van der Waals surface area contributed by atoms with Crippen LogP contribution in [0.2, 0.25) is 0 Å². The van der Waals surface area contributed by atoms with Crippen LogP contribution >= 0.6 is 11.8 Å². The SMILES string of the molecule is CCNC(CCSc1n[nH]c(=O)n1C1CC1)C(N)=O. The van der Waals surface area contributed by atoms with E-state index in [1.165, 1.54) is 11.8 Å². The second kappa shape index (κ2) is 6.25. The molecule has 1 unspecified atom stereocenters. The van der Waals surface area contributed by atoms with Crippen molar-refractivity contribution in [2.24, 2.45) is 5.73 Å². The van der Waals surface area contributed by atoms with E-state index in [4.69, 9.17) is 5.73 Å². The van der Waals surface area contributed by atoms with Crippen LogP contribution in [-0.4, -0.2) is 39.0 Å². The Morgan fingerprint density at radius 1 is 1.68 bits per heavy atom. The predicted molar refractivity (Wildman–Crippen MR) is 73.1 cm³/mol. The van der Waals surface area contributed by atoms with Crippen molar-refractivity contribution in [3.63, 3.8) is 0 Å². The van der Waals surface area contributed by atoms with Gasteiger partial charge in [0.25, 0.3) is 0 Å². The van der Waals surface area contributed by atoms with E-state index in [2.05, 4.69) is 15.5 Å². The molecule has 7 nitrogen and oxygen atoms in total. The van der Waals surface area contributed by atoms with E-state index in [0.29, 0.717) is 29.9 Å². The molecule has 1 fully saturated rings. The van der Waals surface area contributed by atoms with Gasteiger partial charge in [0.15, 0.2) is 5.16 Å². The zero-order valence-electron chi connectivity index (χ0n) is 10.9. The number of thioether (sulfide) groups is 1. The van der Waals surface area contributed by atoms with Crippen molar-refractivity contribution in [2.75, 3.05) is 12.3 Å². The van der Waals surface area contributed by atoms with E-state index in [0.717, 1.165) is 12.8 Å². The fraction of sp³-hybridized carbons (Fsp3) is 0.727. The number of amides is 1. The van der Waals surface area contributed by atoms with Crippen molar-refractivity contribution in [1.29, 1.82) is 0 Å². The van der Waals surface area contributed by atoms with Gasteiger partial charge in [0, 0.05) is 11.8 Å². The molecule has 1 amide bonds. The van der Waals surface area contributed by atoms with E-state index in [9.17, 15) is 9.59 Å². The van der Waals surface area contributed by atoms with Crippen LogP contribution < -0.4 is 16.7 Å². The van der Waals surface area contributed by atoms with Crippen LogP contribution in [0.5, 0.6) is 0 Å². The molecule has 1 aliphatic carbocycles. The van der Waals surface area contributed by atoms with Gasteiger partial charge in [-0.25, -0.2) is 9.89 Å². The van der Waals surface area contributed by atoms with Crippen molar-refractivity contribution < 1.29 is 4.79 Å². The largest absolute Gasteiger partial charge is 0.368 e. The minimum atomic E-state index is -0.343. The molecule has 0 spiro atoms. The average molecular weight is 285 g/mol. The number of likely N-dealkylation sites (N-methyl/N-ethyl adjacent to an activating group) is 1. The summed E-state index contributed by atoms with van der Waals surface area (Å²) in [6.07, 6.45) is 2.70. The standard InChI is InChI=1S/C11H19N5O2S/c1-2-13-8(9(12)17)5-6-19-11-15-14-10(18)16(11)7-3-4-7/h7-8,13H,2-6H2,1H3,(H2,12,17)(H,14,18). The summed E-state index contributed by atoms with van der Waals surface area (Å²) in [6.45, 7) is 2.63. The van der Waals surface area contributed by atoms with Crippen LogP contribution in [0.3, 0.4) is 0 Å². The van der Waals surface area contributed by atoms with Crippen LogP contribution in [0.15, 0.2) is 9.95 Å². The van der Waals surface area contributed by atoms with Gasteiger partial charge in [-0.15, -0.1) is 5.10 Å². The molecule has 1 aliphatic rings. The molecule has 1 atom stereocenters. The first-order chi connectivity index (χ1) is 9.13. The Hall–Kier alpha value is -1.28. The zero-order valence-corrected chi connectivity index (χ0v) is 11.7. The van der Waals surface area contributed by atoms with Gasteiger partial charge in [-0.3, -0.25) is 9.36 Å². The number of rotatable bonds is 8. The van der Waals surface area contributed by atoms with Gasteiger partial charge in [0.05, 0.1) is 6.04 Å². The summed E-state index contributed by atoms with van der Waals surface area (Å²) in [4.78, 5) is 22.8. The molecule has 4 N–H and O–H groups in total. The number of H-pyrrole nitrogens is 1. The lowest BCUT2D eigenvalue weighted by atomic mass is 10.2. The smallest absolute Gasteiger partial charge is 0.344 e. The maximum absolute atomic E-state index is 11.6. The second-order valence-electron chi connectivity index (χ2n) is 4.56. The second-order valence-corrected chi connectivity index (χ2v) is 5.62. The summed E-state index contributed by atoms with van der Waals surface area (Å²) in [5.41, 5.74) is 5.16. The van der Waals surface area contributed by atoms with Gasteiger partial charge < -0.3 is 11.1 Å². The Labute approximate surface area is 115 Å². The first-order valence-electron chi connectivity index (χ1n) is 6.46. The Morgan fingerprint density at radius 2 is 2.42 bits per heavy atom. The molecule has 8 heteroatoms. The maximum Gasteiger partial charge on any atom is 0.344 e. The number of nitrogens with one attached hydrogen (secondary N) is 2. The van der Waals surface area contributed by atoms with Crippen molar-refractivity contribution in [3.8, 4) is 0 Å². The number of hydrogen-bond donors (Lipinski definition) is 3. The molecular weight excluding hydrogens is 266 g/mol. The van der Waals surface area contributed by atoms with E-state index in [1.54, 1.807) is 4.57 Å². The van der Waals surface area contributed by atoms with E-state index in [1.807, 2.05) is 6.92 Å². The minimum Gasteiger partial charge on any atom is -0.368 e. The highest BCUT2D eigenvalue weighted by Gasteiger charge is 2.28. The number of carbonyl (C=O) groups excluding carboxylic acids is 1. The molecule has 1 heterocycles. The molecule has 0 aliphatic heterocycles. The fourth-order valence-electron chi connectivity index (χ4n) is 1.91. The van der Waals surface area contributed by atoms with E-state index < -0.39 is 0 Å². The number of primary amides is 1. The number of aromatic amines is 1. The number of hydrogen-bond acceptors (Lipinski definition) is 5. The number of carbonyl (C=O) groups is 1. The van der Waals surface area contributed by atoms with Gasteiger partial charge in [0.1, 0.15) is 0 Å². The van der Waals surface area contributed by atoms with Crippen molar-refractivity contribution in [3.05, 3.63) is 10.5 Å². The van der Waals surface area contributed by atoms with Crippen LogP contribution in [0, 0.1) is 0 Å². The van der Waals surface area contributed by atoms with Gasteiger partial charge in [0.2, 0.25) is 5.91 Å². The number of nitrogens with zero attached hydrogens (tertiary/aromatic N) is 2. The third-order valence-electron chi connectivity index (χ3n) is 3.02. The molecular formula is C11H19N5O2S. The van der Waals surface area contributed by atoms with Crippen LogP contribution in [0.1, 0.15) is 32.2 Å². The third kappa shape index (κ3) is 3.60. The summed E-state index contributed by atoms with van der Waals surface area (Å²) >= 11 is 1.48. The Morgan fingerprint density at radius 3 is 3.00 bits per heavy atom. The van der Waals surface area contributed by atoms with Gasteiger partial charge >= 0.3 is 5.69 Å². The molecule has 0 saturated heterocycles. The van der Waals surface area contributed by atoms with Crippen molar-refractivity contribution in [2.45, 2.75) is 43.4 Å². The normalized spacial score (nSPS) is 16.5. The Bertz CT molecular complexity index is 494. The molecule has 106 valence electrons. The molecule has 1 aromatic rings. The number of nitrogens with two attached hydrogens (primary N) is 1. The highest BCUT2D eigenvalue weighted by molar-refractivity contribution is 7.99.